The van der Waals surface area contributed by atoms with E-state index in [9.17, 15) is 9.59 Å². The van der Waals surface area contributed by atoms with Crippen molar-refractivity contribution in [1.82, 2.24) is 9.88 Å². The van der Waals surface area contributed by atoms with Crippen LogP contribution >= 0.6 is 0 Å². The number of nitrogens with one attached hydrogen (secondary N) is 1. The third-order valence-corrected chi connectivity index (χ3v) is 5.33. The Morgan fingerprint density at radius 1 is 1.15 bits per heavy atom. The Labute approximate surface area is 154 Å². The summed E-state index contributed by atoms with van der Waals surface area (Å²) in [5.41, 5.74) is 3.01. The zero-order valence-electron chi connectivity index (χ0n) is 15.9. The fourth-order valence-corrected chi connectivity index (χ4v) is 4.12. The van der Waals surface area contributed by atoms with E-state index in [0.717, 1.165) is 11.9 Å². The van der Waals surface area contributed by atoms with Crippen molar-refractivity contribution in [2.24, 2.45) is 0 Å². The van der Waals surface area contributed by atoms with Crippen molar-refractivity contribution in [3.8, 4) is 0 Å². The van der Waals surface area contributed by atoms with Gasteiger partial charge >= 0.3 is 5.97 Å². The van der Waals surface area contributed by atoms with E-state index < -0.39 is 5.54 Å². The van der Waals surface area contributed by atoms with Gasteiger partial charge in [-0.05, 0) is 23.6 Å². The van der Waals surface area contributed by atoms with Crippen LogP contribution in [0.2, 0.25) is 0 Å². The third-order valence-electron chi connectivity index (χ3n) is 5.33. The average molecular weight is 356 g/mol. The van der Waals surface area contributed by atoms with Gasteiger partial charge in [0.25, 0.3) is 0 Å². The van der Waals surface area contributed by atoms with Gasteiger partial charge in [-0.15, -0.1) is 0 Å². The van der Waals surface area contributed by atoms with Crippen LogP contribution in [0.5, 0.6) is 0 Å². The summed E-state index contributed by atoms with van der Waals surface area (Å²) < 4.78 is 5.60. The molecule has 0 aliphatic heterocycles. The molecule has 0 bridgehead atoms. The molecule has 0 fully saturated rings. The van der Waals surface area contributed by atoms with E-state index in [1.165, 1.54) is 16.5 Å². The summed E-state index contributed by atoms with van der Waals surface area (Å²) >= 11 is 0. The van der Waals surface area contributed by atoms with Crippen molar-refractivity contribution in [3.63, 3.8) is 0 Å². The minimum absolute atomic E-state index is 0.116. The maximum absolute atomic E-state index is 12.8. The van der Waals surface area contributed by atoms with E-state index >= 15 is 0 Å². The molecule has 1 N–H and O–H groups in total. The molecule has 0 saturated carbocycles. The highest BCUT2D eigenvalue weighted by molar-refractivity contribution is 5.88. The second kappa shape index (κ2) is 7.52. The van der Waals surface area contributed by atoms with Crippen LogP contribution < -0.4 is 0 Å². The lowest BCUT2D eigenvalue weighted by atomic mass is 9.77. The van der Waals surface area contributed by atoms with E-state index in [1.54, 1.807) is 6.92 Å². The lowest BCUT2D eigenvalue weighted by Gasteiger charge is -2.46. The molecule has 1 aromatic heterocycles. The van der Waals surface area contributed by atoms with Gasteiger partial charge < -0.3 is 14.6 Å². The van der Waals surface area contributed by atoms with E-state index in [0.29, 0.717) is 32.2 Å². The molecule has 1 unspecified atom stereocenters. The van der Waals surface area contributed by atoms with Gasteiger partial charge in [-0.1, -0.05) is 32.9 Å². The number of carbonyl (C=O) groups excluding carboxylic acids is 2. The van der Waals surface area contributed by atoms with Crippen LogP contribution in [0.15, 0.2) is 24.4 Å². The normalized spacial score (nSPS) is 18.7. The molecule has 5 heteroatoms. The van der Waals surface area contributed by atoms with Gasteiger partial charge in [0.05, 0.1) is 5.54 Å². The first-order valence-electron chi connectivity index (χ1n) is 9.58. The van der Waals surface area contributed by atoms with Crippen LogP contribution in [0.3, 0.4) is 0 Å². The molecule has 26 heavy (non-hydrogen) atoms. The summed E-state index contributed by atoms with van der Waals surface area (Å²) in [6.45, 7) is 6.68. The number of benzene rings is 1. The Kier molecular flexibility index (Phi) is 5.35. The van der Waals surface area contributed by atoms with E-state index in [-0.39, 0.29) is 18.5 Å². The number of hydrogen-bond acceptors (Lipinski definition) is 3. The molecule has 2 aromatic rings. The highest BCUT2D eigenvalue weighted by Crippen LogP contribution is 2.38. The largest absolute Gasteiger partial charge is 0.463 e. The van der Waals surface area contributed by atoms with Gasteiger partial charge in [-0.2, -0.15) is 0 Å². The summed E-state index contributed by atoms with van der Waals surface area (Å²) in [6, 6.07) is 6.24. The zero-order chi connectivity index (χ0) is 18.7. The molecule has 5 nitrogen and oxygen atoms in total. The molecule has 0 saturated heterocycles. The van der Waals surface area contributed by atoms with Gasteiger partial charge in [0.2, 0.25) is 5.91 Å². The molecule has 140 valence electrons. The summed E-state index contributed by atoms with van der Waals surface area (Å²) in [5, 5.41) is 1.25. The van der Waals surface area contributed by atoms with E-state index in [2.05, 4.69) is 24.0 Å². The van der Waals surface area contributed by atoms with Gasteiger partial charge in [0, 0.05) is 49.3 Å². The van der Waals surface area contributed by atoms with Gasteiger partial charge in [-0.3, -0.25) is 9.59 Å². The number of ether oxygens (including phenoxy) is 1. The first kappa shape index (κ1) is 18.5. The molecular weight excluding hydrogens is 328 g/mol. The van der Waals surface area contributed by atoms with Gasteiger partial charge in [0.15, 0.2) is 0 Å². The molecule has 1 aliphatic carbocycles. The number of amides is 1. The highest BCUT2D eigenvalue weighted by Gasteiger charge is 2.43. The van der Waals surface area contributed by atoms with Gasteiger partial charge in [0.1, 0.15) is 6.61 Å². The molecule has 0 radical (unpaired) electrons. The Balaban J connectivity index is 2.04. The topological polar surface area (TPSA) is 62.4 Å². The number of carbonyl (C=O) groups is 2. The van der Waals surface area contributed by atoms with Crippen LogP contribution in [-0.2, 0) is 27.2 Å². The fourth-order valence-electron chi connectivity index (χ4n) is 4.12. The SMILES string of the molecule is CCCN(C(=O)CC)C1(COC(=O)CC)Cc2cccc3[nH]cc(c23)C1. The number of nitrogens with zero attached hydrogens (tertiary/aromatic N) is 1. The minimum atomic E-state index is -0.516. The van der Waals surface area contributed by atoms with Crippen LogP contribution in [0.4, 0.5) is 0 Å². The molecule has 1 atom stereocenters. The minimum Gasteiger partial charge on any atom is -0.463 e. The number of esters is 1. The Morgan fingerprint density at radius 3 is 2.62 bits per heavy atom. The second-order valence-electron chi connectivity index (χ2n) is 7.14. The molecule has 0 spiro atoms. The van der Waals surface area contributed by atoms with E-state index in [1.807, 2.05) is 24.1 Å². The maximum Gasteiger partial charge on any atom is 0.305 e. The second-order valence-corrected chi connectivity index (χ2v) is 7.14. The van der Waals surface area contributed by atoms with E-state index in [4.69, 9.17) is 4.74 Å². The molecule has 1 aliphatic rings. The maximum atomic E-state index is 12.8. The Morgan fingerprint density at radius 2 is 1.92 bits per heavy atom. The summed E-state index contributed by atoms with van der Waals surface area (Å²) in [4.78, 5) is 30.0. The average Bonchev–Trinajstić information content (AvgIpc) is 3.08. The van der Waals surface area contributed by atoms with Gasteiger partial charge in [-0.25, -0.2) is 0 Å². The number of hydrogen-bond donors (Lipinski definition) is 1. The lowest BCUT2D eigenvalue weighted by molar-refractivity contribution is -0.153. The molecule has 3 rings (SSSR count). The van der Waals surface area contributed by atoms with Crippen molar-refractivity contribution in [2.45, 2.75) is 58.4 Å². The van der Waals surface area contributed by atoms with Crippen molar-refractivity contribution < 1.29 is 14.3 Å². The Hall–Kier alpha value is -2.30. The number of rotatable bonds is 7. The predicted molar refractivity (Wildman–Crippen MR) is 102 cm³/mol. The van der Waals surface area contributed by atoms with Crippen molar-refractivity contribution in [2.75, 3.05) is 13.2 Å². The number of aromatic amines is 1. The standard InChI is InChI=1S/C21H28N2O3/c1-4-10-23(18(24)5-2)21(14-26-19(25)6-3)11-15-8-7-9-17-20(15)16(12-21)13-22-17/h7-9,13,22H,4-6,10-12,14H2,1-3H3. The summed E-state index contributed by atoms with van der Waals surface area (Å²) in [6.07, 6.45) is 5.11. The first-order chi connectivity index (χ1) is 12.5. The van der Waals surface area contributed by atoms with Crippen molar-refractivity contribution in [1.29, 1.82) is 0 Å². The molecular formula is C21H28N2O3. The van der Waals surface area contributed by atoms with Crippen LogP contribution in [0, 0.1) is 0 Å². The summed E-state index contributed by atoms with van der Waals surface area (Å²) in [5.74, 6) is -0.103. The van der Waals surface area contributed by atoms with Crippen LogP contribution in [0.25, 0.3) is 10.9 Å². The quantitative estimate of drug-likeness (QED) is 0.771. The number of aromatic nitrogens is 1. The Bertz CT molecular complexity index is 811. The fraction of sp³-hybridized carbons (Fsp3) is 0.524. The van der Waals surface area contributed by atoms with Crippen molar-refractivity contribution in [3.05, 3.63) is 35.5 Å². The van der Waals surface area contributed by atoms with Crippen molar-refractivity contribution >= 4 is 22.8 Å². The third kappa shape index (κ3) is 3.22. The smallest absolute Gasteiger partial charge is 0.305 e. The molecule has 1 aromatic carbocycles. The van der Waals surface area contributed by atoms with Crippen LogP contribution in [0.1, 0.15) is 51.2 Å². The monoisotopic (exact) mass is 356 g/mol. The van der Waals surface area contributed by atoms with Crippen LogP contribution in [-0.4, -0.2) is 40.5 Å². The first-order valence-corrected chi connectivity index (χ1v) is 9.58. The lowest BCUT2D eigenvalue weighted by Crippen LogP contribution is -2.59. The zero-order valence-corrected chi connectivity index (χ0v) is 15.9. The molecule has 1 heterocycles. The number of H-pyrrole nitrogens is 1. The molecule has 1 amide bonds. The highest BCUT2D eigenvalue weighted by atomic mass is 16.5. The summed E-state index contributed by atoms with van der Waals surface area (Å²) in [7, 11) is 0. The predicted octanol–water partition coefficient (Wildman–Crippen LogP) is 3.61.